The molecule has 0 aliphatic heterocycles. The number of aromatic nitrogens is 3. The van der Waals surface area contributed by atoms with Crippen molar-refractivity contribution in [2.45, 2.75) is 0 Å². The topological polar surface area (TPSA) is 105 Å². The number of amides is 1. The van der Waals surface area contributed by atoms with Crippen LogP contribution in [0.3, 0.4) is 0 Å². The van der Waals surface area contributed by atoms with Gasteiger partial charge in [-0.25, -0.2) is 9.97 Å². The molecule has 0 radical (unpaired) electrons. The fraction of sp³-hybridized carbons (Fsp3) is 0.0625. The highest BCUT2D eigenvalue weighted by Gasteiger charge is 2.17. The van der Waals surface area contributed by atoms with Crippen LogP contribution in [0.15, 0.2) is 102 Å². The Morgan fingerprint density at radius 2 is 1.57 bits per heavy atom. The van der Waals surface area contributed by atoms with Crippen LogP contribution in [-0.2, 0) is 0 Å². The number of methoxy groups -OCH3 is 2. The lowest BCUT2D eigenvalue weighted by atomic mass is 10.1. The molecule has 208 valence electrons. The van der Waals surface area contributed by atoms with Gasteiger partial charge in [0.1, 0.15) is 17.6 Å². The molecule has 0 bridgehead atoms. The predicted molar refractivity (Wildman–Crippen MR) is 162 cm³/mol. The maximum atomic E-state index is 13.3. The molecule has 2 aromatic heterocycles. The third kappa shape index (κ3) is 5.09. The fourth-order valence-corrected chi connectivity index (χ4v) is 4.74. The highest BCUT2D eigenvalue weighted by molar-refractivity contribution is 6.30. The van der Waals surface area contributed by atoms with E-state index in [9.17, 15) is 9.59 Å². The number of nitrogens with one attached hydrogen (secondary N) is 1. The van der Waals surface area contributed by atoms with Crippen molar-refractivity contribution in [3.8, 4) is 28.8 Å². The summed E-state index contributed by atoms with van der Waals surface area (Å²) in [5, 5.41) is 4.47. The largest absolute Gasteiger partial charge is 0.493 e. The number of fused-ring (bicyclic) bond motifs is 2. The number of nitrogens with zero attached hydrogens (tertiary/aromatic N) is 3. The molecule has 1 amide bonds. The van der Waals surface area contributed by atoms with Gasteiger partial charge in [0.25, 0.3) is 5.91 Å². The summed E-state index contributed by atoms with van der Waals surface area (Å²) in [6.07, 6.45) is 2.95. The van der Waals surface area contributed by atoms with E-state index >= 15 is 0 Å². The van der Waals surface area contributed by atoms with Gasteiger partial charge in [-0.1, -0.05) is 23.7 Å². The Hall–Kier alpha value is -5.41. The van der Waals surface area contributed by atoms with Gasteiger partial charge in [0, 0.05) is 34.0 Å². The van der Waals surface area contributed by atoms with Gasteiger partial charge in [-0.3, -0.25) is 9.59 Å². The average molecular weight is 579 g/mol. The van der Waals surface area contributed by atoms with Crippen LogP contribution in [0.4, 0.5) is 5.69 Å². The van der Waals surface area contributed by atoms with E-state index in [1.807, 2.05) is 24.3 Å². The van der Waals surface area contributed by atoms with E-state index in [-0.39, 0.29) is 11.0 Å². The minimum atomic E-state index is -0.537. The highest BCUT2D eigenvalue weighted by atomic mass is 35.5. The van der Waals surface area contributed by atoms with Crippen molar-refractivity contribution < 1.29 is 19.0 Å². The molecule has 2 heterocycles. The molecule has 0 spiro atoms. The zero-order valence-corrected chi connectivity index (χ0v) is 23.3. The Kier molecular flexibility index (Phi) is 7.16. The second-order valence-electron chi connectivity index (χ2n) is 9.22. The zero-order valence-electron chi connectivity index (χ0n) is 22.5. The van der Waals surface area contributed by atoms with Gasteiger partial charge < -0.3 is 24.1 Å². The molecule has 4 aromatic carbocycles. The van der Waals surface area contributed by atoms with Crippen molar-refractivity contribution in [2.75, 3.05) is 19.5 Å². The highest BCUT2D eigenvalue weighted by Crippen LogP contribution is 2.36. The first-order valence-electron chi connectivity index (χ1n) is 12.8. The number of pyridine rings is 1. The summed E-state index contributed by atoms with van der Waals surface area (Å²) in [5.41, 5.74) is 2.19. The Balaban J connectivity index is 1.27. The van der Waals surface area contributed by atoms with Gasteiger partial charge in [-0.05, 0) is 66.7 Å². The summed E-state index contributed by atoms with van der Waals surface area (Å²) in [4.78, 5) is 35.2. The number of hydrogen-bond donors (Lipinski definition) is 1. The van der Waals surface area contributed by atoms with Crippen molar-refractivity contribution in [2.24, 2.45) is 0 Å². The molecule has 9 nitrogen and oxygen atoms in total. The Labute approximate surface area is 244 Å². The number of halogens is 1. The van der Waals surface area contributed by atoms with Crippen LogP contribution in [0.25, 0.3) is 27.5 Å². The van der Waals surface area contributed by atoms with Crippen molar-refractivity contribution in [3.05, 3.63) is 118 Å². The Morgan fingerprint density at radius 3 is 2.31 bits per heavy atom. The molecule has 0 aliphatic rings. The van der Waals surface area contributed by atoms with E-state index < -0.39 is 5.91 Å². The number of carbonyl (C=O) groups excluding carboxylic acids is 1. The first kappa shape index (κ1) is 26.8. The summed E-state index contributed by atoms with van der Waals surface area (Å²) >= 11 is 6.07. The van der Waals surface area contributed by atoms with Gasteiger partial charge in [0.15, 0.2) is 11.5 Å². The van der Waals surface area contributed by atoms with Crippen LogP contribution in [0, 0.1) is 0 Å². The maximum absolute atomic E-state index is 13.3. The summed E-state index contributed by atoms with van der Waals surface area (Å²) in [6.45, 7) is 0. The number of anilines is 1. The monoisotopic (exact) mass is 578 g/mol. The number of rotatable bonds is 7. The predicted octanol–water partition coefficient (Wildman–Crippen LogP) is 6.65. The molecule has 0 unspecified atom stereocenters. The fourth-order valence-electron chi connectivity index (χ4n) is 4.61. The molecule has 0 saturated carbocycles. The SMILES string of the molecule is COc1cc2ncnc(Oc3ccc(NC(=O)c4cn(-c5ccc(Cl)cc5)c5ccccc5c4=O)cc3)c2cc1OC. The van der Waals surface area contributed by atoms with Crippen molar-refractivity contribution in [3.63, 3.8) is 0 Å². The van der Waals surface area contributed by atoms with E-state index in [0.717, 1.165) is 5.69 Å². The maximum Gasteiger partial charge on any atom is 0.261 e. The summed E-state index contributed by atoms with van der Waals surface area (Å²) in [5.74, 6) is 1.34. The lowest BCUT2D eigenvalue weighted by Crippen LogP contribution is -2.23. The van der Waals surface area contributed by atoms with Gasteiger partial charge in [0.05, 0.1) is 30.6 Å². The number of ether oxygens (including phenoxy) is 3. The van der Waals surface area contributed by atoms with Gasteiger partial charge >= 0.3 is 0 Å². The van der Waals surface area contributed by atoms with E-state index in [1.165, 1.54) is 6.33 Å². The summed E-state index contributed by atoms with van der Waals surface area (Å²) < 4.78 is 18.6. The normalized spacial score (nSPS) is 10.9. The van der Waals surface area contributed by atoms with Gasteiger partial charge in [0.2, 0.25) is 11.3 Å². The first-order chi connectivity index (χ1) is 20.4. The first-order valence-corrected chi connectivity index (χ1v) is 13.2. The number of para-hydroxylation sites is 1. The third-order valence-electron chi connectivity index (χ3n) is 6.69. The molecule has 0 fully saturated rings. The smallest absolute Gasteiger partial charge is 0.261 e. The van der Waals surface area contributed by atoms with Gasteiger partial charge in [-0.2, -0.15) is 0 Å². The molecule has 6 aromatic rings. The zero-order chi connectivity index (χ0) is 29.2. The average Bonchev–Trinajstić information content (AvgIpc) is 3.02. The van der Waals surface area contributed by atoms with Crippen molar-refractivity contribution in [1.82, 2.24) is 14.5 Å². The van der Waals surface area contributed by atoms with Gasteiger partial charge in [-0.15, -0.1) is 0 Å². The van der Waals surface area contributed by atoms with Crippen molar-refractivity contribution >= 4 is 45.0 Å². The minimum absolute atomic E-state index is 0.000748. The number of carbonyl (C=O) groups is 1. The molecular weight excluding hydrogens is 556 g/mol. The second kappa shape index (κ2) is 11.2. The number of benzene rings is 4. The quantitative estimate of drug-likeness (QED) is 0.226. The Bertz CT molecular complexity index is 2010. The van der Waals surface area contributed by atoms with Crippen LogP contribution >= 0.6 is 11.6 Å². The molecule has 6 rings (SSSR count). The second-order valence-corrected chi connectivity index (χ2v) is 9.66. The molecule has 10 heteroatoms. The molecule has 0 atom stereocenters. The van der Waals surface area contributed by atoms with Crippen LogP contribution in [-0.4, -0.2) is 34.7 Å². The van der Waals surface area contributed by atoms with Crippen molar-refractivity contribution in [1.29, 1.82) is 0 Å². The molecule has 0 saturated heterocycles. The lowest BCUT2D eigenvalue weighted by molar-refractivity contribution is 0.102. The summed E-state index contributed by atoms with van der Waals surface area (Å²) in [7, 11) is 3.10. The minimum Gasteiger partial charge on any atom is -0.493 e. The van der Waals surface area contributed by atoms with Crippen LogP contribution in [0.5, 0.6) is 23.1 Å². The van der Waals surface area contributed by atoms with E-state index in [1.54, 1.807) is 85.6 Å². The molecule has 42 heavy (non-hydrogen) atoms. The van der Waals surface area contributed by atoms with E-state index in [0.29, 0.717) is 55.6 Å². The number of hydrogen-bond acceptors (Lipinski definition) is 7. The van der Waals surface area contributed by atoms with E-state index in [4.69, 9.17) is 25.8 Å². The molecule has 1 N–H and O–H groups in total. The summed E-state index contributed by atoms with van der Waals surface area (Å²) in [6, 6.07) is 24.5. The molecular formula is C32H23ClN4O5. The Morgan fingerprint density at radius 1 is 0.857 bits per heavy atom. The van der Waals surface area contributed by atoms with Crippen LogP contribution in [0.2, 0.25) is 5.02 Å². The lowest BCUT2D eigenvalue weighted by Gasteiger charge is -2.14. The standard InChI is InChI=1S/C32H23ClN4O5/c1-40-28-15-24-26(16-29(28)41-2)34-18-35-32(24)42-22-13-9-20(10-14-22)36-31(39)25-17-37(21-11-7-19(33)8-12-21)27-6-4-3-5-23(27)30(25)38/h3-18H,1-2H3,(H,36,39). The van der Waals surface area contributed by atoms with Crippen LogP contribution < -0.4 is 25.0 Å². The van der Waals surface area contributed by atoms with E-state index in [2.05, 4.69) is 15.3 Å². The van der Waals surface area contributed by atoms with Crippen LogP contribution in [0.1, 0.15) is 10.4 Å². The third-order valence-corrected chi connectivity index (χ3v) is 6.94. The molecule has 0 aliphatic carbocycles.